The number of benzene rings is 2. The molecule has 2 aromatic rings. The van der Waals surface area contributed by atoms with E-state index in [4.69, 9.17) is 4.84 Å². The van der Waals surface area contributed by atoms with Crippen LogP contribution >= 0.6 is 0 Å². The Bertz CT molecular complexity index is 1100. The number of amides is 3. The first-order valence-electron chi connectivity index (χ1n) is 13.6. The van der Waals surface area contributed by atoms with Crippen LogP contribution in [0.2, 0.25) is 0 Å². The summed E-state index contributed by atoms with van der Waals surface area (Å²) in [6, 6.07) is 16.3. The fourth-order valence-corrected chi connectivity index (χ4v) is 5.31. The molecule has 2 aliphatic heterocycles. The number of carbonyl (C=O) groups excluding carboxylic acids is 3. The Hall–Kier alpha value is -3.23. The Kier molecular flexibility index (Phi) is 9.53. The number of piperidine rings is 1. The van der Waals surface area contributed by atoms with Gasteiger partial charge in [-0.1, -0.05) is 54.1 Å². The molecule has 0 aromatic heterocycles. The highest BCUT2D eigenvalue weighted by molar-refractivity contribution is 5.90. The molecule has 0 N–H and O–H groups in total. The second-order valence-electron chi connectivity index (χ2n) is 10.7. The van der Waals surface area contributed by atoms with Gasteiger partial charge in [0, 0.05) is 39.3 Å². The highest BCUT2D eigenvalue weighted by Crippen LogP contribution is 2.23. The zero-order chi connectivity index (χ0) is 27.1. The van der Waals surface area contributed by atoms with Gasteiger partial charge >= 0.3 is 6.09 Å². The van der Waals surface area contributed by atoms with Crippen LogP contribution in [0.1, 0.15) is 41.5 Å². The van der Waals surface area contributed by atoms with Gasteiger partial charge in [0.1, 0.15) is 6.04 Å². The minimum Gasteiger partial charge on any atom is -0.311 e. The van der Waals surface area contributed by atoms with E-state index in [0.717, 1.165) is 38.8 Å². The van der Waals surface area contributed by atoms with Crippen molar-refractivity contribution in [3.05, 3.63) is 70.8 Å². The molecule has 8 nitrogen and oxygen atoms in total. The molecule has 0 bridgehead atoms. The molecule has 2 saturated heterocycles. The lowest BCUT2D eigenvalue weighted by Crippen LogP contribution is -2.58. The third-order valence-corrected chi connectivity index (χ3v) is 8.00. The van der Waals surface area contributed by atoms with Crippen molar-refractivity contribution in [3.8, 4) is 0 Å². The smallest absolute Gasteiger partial charge is 0.311 e. The maximum atomic E-state index is 13.2. The van der Waals surface area contributed by atoms with Crippen molar-refractivity contribution in [1.82, 2.24) is 19.8 Å². The number of imide groups is 1. The zero-order valence-electron chi connectivity index (χ0n) is 22.8. The standard InChI is InChI=1S/C30H40N4O4/c1-23-8-10-25(11-9-23)12-13-26-14-16-33(17-15-26)30(37)38-34(22-35)29(36)28-21-32(19-18-31(28)3)20-27-7-5-4-6-24(27)2/h4-11,22,26,28H,12-21H2,1-3H3. The monoisotopic (exact) mass is 520 g/mol. The van der Waals surface area contributed by atoms with Gasteiger partial charge in [-0.15, -0.1) is 5.06 Å². The zero-order valence-corrected chi connectivity index (χ0v) is 22.8. The van der Waals surface area contributed by atoms with Crippen LogP contribution in [-0.2, 0) is 27.4 Å². The van der Waals surface area contributed by atoms with Gasteiger partial charge in [-0.25, -0.2) is 4.79 Å². The molecule has 2 aliphatic rings. The van der Waals surface area contributed by atoms with Crippen molar-refractivity contribution < 1.29 is 19.2 Å². The second kappa shape index (κ2) is 13.0. The SMILES string of the molecule is Cc1ccc(CCC2CCN(C(=O)ON(C=O)C(=O)C3CN(Cc4ccccc4C)CCN3C)CC2)cc1. The van der Waals surface area contributed by atoms with Crippen LogP contribution in [0.5, 0.6) is 0 Å². The number of nitrogens with zero attached hydrogens (tertiary/aromatic N) is 4. The molecule has 0 aliphatic carbocycles. The number of likely N-dealkylation sites (tertiary alicyclic amines) is 1. The Labute approximate surface area is 226 Å². The molecule has 204 valence electrons. The van der Waals surface area contributed by atoms with E-state index in [1.54, 1.807) is 4.90 Å². The van der Waals surface area contributed by atoms with Gasteiger partial charge in [0.25, 0.3) is 12.3 Å². The minimum absolute atomic E-state index is 0.308. The number of aryl methyl sites for hydroxylation is 3. The summed E-state index contributed by atoms with van der Waals surface area (Å²) < 4.78 is 0. The van der Waals surface area contributed by atoms with Gasteiger partial charge in [0.05, 0.1) is 0 Å². The largest absolute Gasteiger partial charge is 0.434 e. The average Bonchev–Trinajstić information content (AvgIpc) is 2.93. The highest BCUT2D eigenvalue weighted by atomic mass is 16.7. The molecule has 3 amide bonds. The molecule has 38 heavy (non-hydrogen) atoms. The predicted molar refractivity (Wildman–Crippen MR) is 146 cm³/mol. The molecule has 4 rings (SSSR count). The van der Waals surface area contributed by atoms with Crippen LogP contribution in [0.15, 0.2) is 48.5 Å². The van der Waals surface area contributed by atoms with Crippen molar-refractivity contribution in [3.63, 3.8) is 0 Å². The summed E-state index contributed by atoms with van der Waals surface area (Å²) in [6.45, 7) is 7.97. The number of hydrogen-bond donors (Lipinski definition) is 0. The Morgan fingerprint density at radius 2 is 1.71 bits per heavy atom. The number of hydroxylamine groups is 2. The first kappa shape index (κ1) is 27.8. The van der Waals surface area contributed by atoms with Gasteiger partial charge in [0.15, 0.2) is 0 Å². The van der Waals surface area contributed by atoms with Crippen LogP contribution < -0.4 is 0 Å². The fraction of sp³-hybridized carbons (Fsp3) is 0.500. The van der Waals surface area contributed by atoms with Crippen molar-refractivity contribution in [2.24, 2.45) is 5.92 Å². The van der Waals surface area contributed by atoms with Crippen molar-refractivity contribution in [2.75, 3.05) is 39.8 Å². The first-order chi connectivity index (χ1) is 18.3. The van der Waals surface area contributed by atoms with E-state index < -0.39 is 18.0 Å². The maximum Gasteiger partial charge on any atom is 0.434 e. The maximum absolute atomic E-state index is 13.2. The molecule has 0 spiro atoms. The minimum atomic E-state index is -0.641. The second-order valence-corrected chi connectivity index (χ2v) is 10.7. The first-order valence-corrected chi connectivity index (χ1v) is 13.6. The quantitative estimate of drug-likeness (QED) is 0.409. The normalized spacial score (nSPS) is 19.2. The molecule has 8 heteroatoms. The predicted octanol–water partition coefficient (Wildman–Crippen LogP) is 3.80. The lowest BCUT2D eigenvalue weighted by molar-refractivity contribution is -0.178. The van der Waals surface area contributed by atoms with E-state index in [2.05, 4.69) is 55.1 Å². The van der Waals surface area contributed by atoms with Crippen molar-refractivity contribution in [1.29, 1.82) is 0 Å². The Morgan fingerprint density at radius 1 is 1.00 bits per heavy atom. The Balaban J connectivity index is 1.26. The van der Waals surface area contributed by atoms with Crippen molar-refractivity contribution >= 4 is 18.4 Å². The third-order valence-electron chi connectivity index (χ3n) is 8.00. The van der Waals surface area contributed by atoms with Crippen LogP contribution in [0.25, 0.3) is 0 Å². The molecule has 1 unspecified atom stereocenters. The Morgan fingerprint density at radius 3 is 2.39 bits per heavy atom. The van der Waals surface area contributed by atoms with E-state index in [-0.39, 0.29) is 0 Å². The van der Waals surface area contributed by atoms with E-state index in [1.165, 1.54) is 22.3 Å². The summed E-state index contributed by atoms with van der Waals surface area (Å²) >= 11 is 0. The van der Waals surface area contributed by atoms with Gasteiger partial charge in [0.2, 0.25) is 0 Å². The molecule has 2 aromatic carbocycles. The lowest BCUT2D eigenvalue weighted by Gasteiger charge is -2.39. The van der Waals surface area contributed by atoms with E-state index >= 15 is 0 Å². The van der Waals surface area contributed by atoms with Crippen LogP contribution in [0, 0.1) is 19.8 Å². The van der Waals surface area contributed by atoms with Gasteiger partial charge < -0.3 is 9.74 Å². The van der Waals surface area contributed by atoms with Crippen molar-refractivity contribution in [2.45, 2.75) is 52.1 Å². The summed E-state index contributed by atoms with van der Waals surface area (Å²) in [7, 11) is 1.86. The van der Waals surface area contributed by atoms with E-state index in [0.29, 0.717) is 43.6 Å². The average molecular weight is 521 g/mol. The van der Waals surface area contributed by atoms with Crippen LogP contribution in [-0.4, -0.2) is 84.0 Å². The highest BCUT2D eigenvalue weighted by Gasteiger charge is 2.36. The van der Waals surface area contributed by atoms with Gasteiger partial charge in [-0.2, -0.15) is 0 Å². The molecule has 2 fully saturated rings. The third kappa shape index (κ3) is 7.20. The summed E-state index contributed by atoms with van der Waals surface area (Å²) in [5.41, 5.74) is 5.02. The molecular weight excluding hydrogens is 480 g/mol. The van der Waals surface area contributed by atoms with Gasteiger partial charge in [-0.05, 0) is 69.2 Å². The molecule has 1 atom stereocenters. The summed E-state index contributed by atoms with van der Waals surface area (Å²) in [6.07, 6.45) is 3.54. The van der Waals surface area contributed by atoms with E-state index in [1.807, 2.05) is 24.1 Å². The summed E-state index contributed by atoms with van der Waals surface area (Å²) in [5.74, 6) is 0.0256. The summed E-state index contributed by atoms with van der Waals surface area (Å²) in [5, 5.41) is 0.588. The molecule has 0 radical (unpaired) electrons. The summed E-state index contributed by atoms with van der Waals surface area (Å²) in [4.78, 5) is 48.9. The number of likely N-dealkylation sites (N-methyl/N-ethyl adjacent to an activating group) is 1. The fourth-order valence-electron chi connectivity index (χ4n) is 5.31. The van der Waals surface area contributed by atoms with Crippen LogP contribution in [0.3, 0.4) is 0 Å². The molecule has 0 saturated carbocycles. The topological polar surface area (TPSA) is 73.4 Å². The number of carbonyl (C=O) groups is 3. The lowest BCUT2D eigenvalue weighted by atomic mass is 9.90. The van der Waals surface area contributed by atoms with Crippen LogP contribution in [0.4, 0.5) is 4.79 Å². The molecular formula is C30H40N4O4. The van der Waals surface area contributed by atoms with E-state index in [9.17, 15) is 14.4 Å². The van der Waals surface area contributed by atoms with Gasteiger partial charge in [-0.3, -0.25) is 19.4 Å². The number of rotatable bonds is 7. The number of hydrogen-bond acceptors (Lipinski definition) is 6. The number of piperazine rings is 1. The molecule has 2 heterocycles.